The molecule has 0 bridgehead atoms. The molecule has 8 heteroatoms. The van der Waals surface area contributed by atoms with Crippen LogP contribution in [0.5, 0.6) is 11.6 Å². The summed E-state index contributed by atoms with van der Waals surface area (Å²) in [5, 5.41) is 9.28. The molecule has 5 rings (SSSR count). The molecule has 8 nitrogen and oxygen atoms in total. The second-order valence-corrected chi connectivity index (χ2v) is 7.86. The van der Waals surface area contributed by atoms with E-state index < -0.39 is 0 Å². The van der Waals surface area contributed by atoms with E-state index >= 15 is 0 Å². The summed E-state index contributed by atoms with van der Waals surface area (Å²) in [6.45, 7) is 3.49. The first-order valence-electron chi connectivity index (χ1n) is 10.8. The summed E-state index contributed by atoms with van der Waals surface area (Å²) >= 11 is 0. The molecule has 2 heterocycles. The molecular weight excluding hydrogens is 442 g/mol. The average molecular weight is 466 g/mol. The lowest BCUT2D eigenvalue weighted by atomic mass is 9.95. The highest BCUT2D eigenvalue weighted by Gasteiger charge is 2.25. The van der Waals surface area contributed by atoms with Crippen LogP contribution in [0.1, 0.15) is 0 Å². The zero-order valence-electron chi connectivity index (χ0n) is 19.3. The van der Waals surface area contributed by atoms with Crippen molar-refractivity contribution in [2.45, 2.75) is 0 Å². The van der Waals surface area contributed by atoms with Gasteiger partial charge >= 0.3 is 0 Å². The molecule has 0 aliphatic carbocycles. The molecule has 2 aromatic heterocycles. The largest absolute Gasteiger partial charge is 0.497 e. The van der Waals surface area contributed by atoms with Gasteiger partial charge in [-0.05, 0) is 58.3 Å². The van der Waals surface area contributed by atoms with Crippen LogP contribution in [-0.4, -0.2) is 34.7 Å². The highest BCUT2D eigenvalue weighted by Crippen LogP contribution is 2.46. The van der Waals surface area contributed by atoms with Gasteiger partial charge in [0.05, 0.1) is 19.8 Å². The minimum absolute atomic E-state index is 0.276. The number of aromatic nitrogens is 3. The van der Waals surface area contributed by atoms with Gasteiger partial charge in [-0.15, -0.1) is 0 Å². The molecule has 0 spiro atoms. The minimum Gasteiger partial charge on any atom is -0.497 e. The van der Waals surface area contributed by atoms with Crippen LogP contribution in [-0.2, 0) is 4.79 Å². The number of nitrogens with zero attached hydrogens (tertiary/aromatic N) is 3. The molecule has 0 saturated heterocycles. The molecule has 1 amide bonds. The molecule has 0 atom stereocenters. The number of amides is 1. The van der Waals surface area contributed by atoms with E-state index in [0.717, 1.165) is 38.8 Å². The van der Waals surface area contributed by atoms with Gasteiger partial charge in [-0.25, -0.2) is 4.98 Å². The van der Waals surface area contributed by atoms with Crippen LogP contribution in [0.2, 0.25) is 0 Å². The Morgan fingerprint density at radius 1 is 0.971 bits per heavy atom. The Kier molecular flexibility index (Phi) is 5.54. The number of carbonyl (C=O) groups is 1. The number of anilines is 2. The highest BCUT2D eigenvalue weighted by molar-refractivity contribution is 6.04. The molecule has 5 aromatic rings. The van der Waals surface area contributed by atoms with Gasteiger partial charge in [0.15, 0.2) is 5.82 Å². The third-order valence-corrected chi connectivity index (χ3v) is 5.87. The van der Waals surface area contributed by atoms with Crippen molar-refractivity contribution in [2.75, 3.05) is 25.3 Å². The van der Waals surface area contributed by atoms with Crippen molar-refractivity contribution < 1.29 is 14.3 Å². The summed E-state index contributed by atoms with van der Waals surface area (Å²) in [7, 11) is 3.25. The lowest BCUT2D eigenvalue weighted by Gasteiger charge is -2.10. The minimum atomic E-state index is -0.276. The molecule has 0 fully saturated rings. The van der Waals surface area contributed by atoms with Gasteiger partial charge in [-0.2, -0.15) is 9.61 Å². The van der Waals surface area contributed by atoms with E-state index in [9.17, 15) is 4.79 Å². The molecule has 3 aromatic carbocycles. The van der Waals surface area contributed by atoms with E-state index in [4.69, 9.17) is 15.2 Å². The summed E-state index contributed by atoms with van der Waals surface area (Å²) < 4.78 is 12.8. The zero-order valence-corrected chi connectivity index (χ0v) is 19.3. The van der Waals surface area contributed by atoms with Gasteiger partial charge in [0.1, 0.15) is 17.6 Å². The van der Waals surface area contributed by atoms with Crippen molar-refractivity contribution >= 4 is 33.7 Å². The van der Waals surface area contributed by atoms with Gasteiger partial charge in [0, 0.05) is 11.3 Å². The molecule has 35 heavy (non-hydrogen) atoms. The maximum absolute atomic E-state index is 11.7. The van der Waals surface area contributed by atoms with Crippen molar-refractivity contribution in [1.29, 1.82) is 0 Å². The van der Waals surface area contributed by atoms with E-state index in [1.807, 2.05) is 54.6 Å². The van der Waals surface area contributed by atoms with Crippen LogP contribution in [0.3, 0.4) is 0 Å². The van der Waals surface area contributed by atoms with E-state index in [0.29, 0.717) is 22.9 Å². The maximum atomic E-state index is 11.7. The van der Waals surface area contributed by atoms with Crippen molar-refractivity contribution in [2.24, 2.45) is 0 Å². The van der Waals surface area contributed by atoms with Crippen LogP contribution >= 0.6 is 0 Å². The van der Waals surface area contributed by atoms with E-state index in [-0.39, 0.29) is 5.91 Å². The van der Waals surface area contributed by atoms with Crippen LogP contribution < -0.4 is 20.5 Å². The number of carbonyl (C=O) groups excluding carboxylic acids is 1. The number of nitrogens with one attached hydrogen (secondary N) is 1. The van der Waals surface area contributed by atoms with Crippen molar-refractivity contribution in [3.05, 3.63) is 79.6 Å². The van der Waals surface area contributed by atoms with Crippen LogP contribution in [0.15, 0.2) is 79.6 Å². The number of ether oxygens (including phenoxy) is 2. The Morgan fingerprint density at radius 3 is 2.40 bits per heavy atom. The third-order valence-electron chi connectivity index (χ3n) is 5.87. The monoisotopic (exact) mass is 465 g/mol. The van der Waals surface area contributed by atoms with Crippen molar-refractivity contribution in [1.82, 2.24) is 14.6 Å². The number of hydrogen-bond acceptors (Lipinski definition) is 6. The van der Waals surface area contributed by atoms with Crippen LogP contribution in [0.4, 0.5) is 11.5 Å². The molecule has 0 unspecified atom stereocenters. The maximum Gasteiger partial charge on any atom is 0.247 e. The van der Waals surface area contributed by atoms with Gasteiger partial charge < -0.3 is 20.5 Å². The number of nitrogens with two attached hydrogens (primary N) is 1. The van der Waals surface area contributed by atoms with E-state index in [1.54, 1.807) is 18.7 Å². The second kappa shape index (κ2) is 8.83. The topological polar surface area (TPSA) is 104 Å². The zero-order chi connectivity index (χ0) is 24.5. The molecule has 0 aliphatic rings. The Hall–Kier alpha value is -4.85. The second-order valence-electron chi connectivity index (χ2n) is 7.86. The standard InChI is InChI=1S/C27H23N5O3/c1-4-22(33)31-20-10-7-16(8-11-20)24-23(25-26(28)29-15-30-32(25)27(24)35-3)19-6-5-18-14-21(34-2)12-9-17(18)13-19/h4-15H,1H2,2-3H3,(H,31,33)(H2,28,29,30). The van der Waals surface area contributed by atoms with Gasteiger partial charge in [0.2, 0.25) is 11.8 Å². The number of benzene rings is 3. The van der Waals surface area contributed by atoms with Crippen LogP contribution in [0.25, 0.3) is 38.5 Å². The lowest BCUT2D eigenvalue weighted by molar-refractivity contribution is -0.111. The summed E-state index contributed by atoms with van der Waals surface area (Å²) in [5.41, 5.74) is 11.1. The Balaban J connectivity index is 1.76. The van der Waals surface area contributed by atoms with Crippen molar-refractivity contribution in [3.63, 3.8) is 0 Å². The summed E-state index contributed by atoms with van der Waals surface area (Å²) in [6.07, 6.45) is 2.63. The summed E-state index contributed by atoms with van der Waals surface area (Å²) in [4.78, 5) is 15.9. The molecular formula is C27H23N5O3. The number of rotatable bonds is 6. The molecule has 174 valence electrons. The fourth-order valence-electron chi connectivity index (χ4n) is 4.24. The lowest BCUT2D eigenvalue weighted by Crippen LogP contribution is -2.06. The summed E-state index contributed by atoms with van der Waals surface area (Å²) in [5.74, 6) is 1.38. The smallest absolute Gasteiger partial charge is 0.247 e. The average Bonchev–Trinajstić information content (AvgIpc) is 3.24. The highest BCUT2D eigenvalue weighted by atomic mass is 16.5. The number of nitrogen functional groups attached to an aromatic ring is 1. The van der Waals surface area contributed by atoms with Gasteiger partial charge in [-0.1, -0.05) is 36.9 Å². The molecule has 0 saturated carbocycles. The van der Waals surface area contributed by atoms with Crippen LogP contribution in [0, 0.1) is 0 Å². The number of fused-ring (bicyclic) bond motifs is 2. The van der Waals surface area contributed by atoms with Crippen molar-refractivity contribution in [3.8, 4) is 33.9 Å². The first-order valence-corrected chi connectivity index (χ1v) is 10.8. The Labute approximate surface area is 201 Å². The predicted molar refractivity (Wildman–Crippen MR) is 138 cm³/mol. The number of hydrogen-bond donors (Lipinski definition) is 2. The number of methoxy groups -OCH3 is 2. The van der Waals surface area contributed by atoms with E-state index in [2.05, 4.69) is 28.0 Å². The predicted octanol–water partition coefficient (Wildman–Crippen LogP) is 4.94. The SMILES string of the molecule is C=CC(=O)Nc1ccc(-c2c(-c3ccc4cc(OC)ccc4c3)c3c(N)ncnn3c2OC)cc1. The summed E-state index contributed by atoms with van der Waals surface area (Å²) in [6, 6.07) is 19.6. The first kappa shape index (κ1) is 22.0. The fourth-order valence-corrected chi connectivity index (χ4v) is 4.24. The van der Waals surface area contributed by atoms with E-state index in [1.165, 1.54) is 12.4 Å². The molecule has 3 N–H and O–H groups in total. The Morgan fingerprint density at radius 2 is 1.69 bits per heavy atom. The molecule has 0 aliphatic heterocycles. The molecule has 0 radical (unpaired) electrons. The van der Waals surface area contributed by atoms with Gasteiger partial charge in [0.25, 0.3) is 0 Å². The Bertz CT molecular complexity index is 1590. The first-order chi connectivity index (χ1) is 17.0. The quantitative estimate of drug-likeness (QED) is 0.344. The fraction of sp³-hybridized carbons (Fsp3) is 0.0741. The third kappa shape index (κ3) is 3.80. The van der Waals surface area contributed by atoms with Gasteiger partial charge in [-0.3, -0.25) is 4.79 Å². The normalized spacial score (nSPS) is 10.9.